The molecule has 2 heterocycles. The number of rotatable bonds is 2. The maximum absolute atomic E-state index is 14.4. The van der Waals surface area contributed by atoms with E-state index < -0.39 is 11.6 Å². The number of aromatic nitrogens is 2. The largest absolute Gasteiger partial charge is 0.336 e. The first-order valence-corrected chi connectivity index (χ1v) is 8.33. The Kier molecular flexibility index (Phi) is 4.05. The molecule has 0 aliphatic carbocycles. The Hall–Kier alpha value is -2.60. The summed E-state index contributed by atoms with van der Waals surface area (Å²) in [6.07, 6.45) is 0. The van der Waals surface area contributed by atoms with Crippen LogP contribution in [0.4, 0.5) is 14.7 Å². The minimum absolute atomic E-state index is 0.106. The molecule has 1 aliphatic heterocycles. The number of benzene rings is 2. The van der Waals surface area contributed by atoms with Crippen LogP contribution in [0, 0.1) is 11.6 Å². The zero-order chi connectivity index (χ0) is 17.4. The fraction of sp³-hybridized carbons (Fsp3) is 0.263. The van der Waals surface area contributed by atoms with Gasteiger partial charge in [0.05, 0.1) is 16.8 Å². The zero-order valence-corrected chi connectivity index (χ0v) is 13.8. The van der Waals surface area contributed by atoms with E-state index in [9.17, 15) is 8.78 Å². The van der Waals surface area contributed by atoms with Crippen molar-refractivity contribution in [3.05, 3.63) is 54.1 Å². The molecule has 0 saturated carbocycles. The Bertz CT molecular complexity index is 908. The minimum atomic E-state index is -0.622. The summed E-state index contributed by atoms with van der Waals surface area (Å²) in [6.45, 7) is 4.47. The summed E-state index contributed by atoms with van der Waals surface area (Å²) in [5.74, 6) is -0.739. The predicted molar refractivity (Wildman–Crippen MR) is 94.6 cm³/mol. The summed E-state index contributed by atoms with van der Waals surface area (Å²) >= 11 is 0. The molecule has 4 rings (SSSR count). The number of nitrogens with one attached hydrogen (secondary N) is 1. The summed E-state index contributed by atoms with van der Waals surface area (Å²) < 4.78 is 28.8. The summed E-state index contributed by atoms with van der Waals surface area (Å²) in [4.78, 5) is 11.3. The van der Waals surface area contributed by atoms with Gasteiger partial charge in [0.2, 0.25) is 5.95 Å². The second kappa shape index (κ2) is 6.37. The van der Waals surface area contributed by atoms with Crippen LogP contribution in [-0.2, 0) is 0 Å². The number of fused-ring (bicyclic) bond motifs is 1. The molecule has 0 bridgehead atoms. The third kappa shape index (κ3) is 2.82. The molecule has 1 aromatic heterocycles. The van der Waals surface area contributed by atoms with Crippen molar-refractivity contribution in [2.75, 3.05) is 24.5 Å². The van der Waals surface area contributed by atoms with Crippen LogP contribution in [0.2, 0.25) is 0 Å². The first kappa shape index (κ1) is 15.9. The Balaban J connectivity index is 1.96. The van der Waals surface area contributed by atoms with Gasteiger partial charge >= 0.3 is 0 Å². The van der Waals surface area contributed by atoms with Gasteiger partial charge in [-0.1, -0.05) is 24.3 Å². The van der Waals surface area contributed by atoms with E-state index in [1.807, 2.05) is 18.2 Å². The highest BCUT2D eigenvalue weighted by atomic mass is 19.1. The van der Waals surface area contributed by atoms with Crippen molar-refractivity contribution in [2.24, 2.45) is 0 Å². The number of halogens is 2. The molecule has 0 radical (unpaired) electrons. The lowest BCUT2D eigenvalue weighted by molar-refractivity contribution is 0.493. The molecule has 0 spiro atoms. The fourth-order valence-corrected chi connectivity index (χ4v) is 3.25. The van der Waals surface area contributed by atoms with E-state index in [2.05, 4.69) is 27.1 Å². The average molecular weight is 340 g/mol. The van der Waals surface area contributed by atoms with Gasteiger partial charge in [-0.15, -0.1) is 0 Å². The molecule has 1 saturated heterocycles. The molecule has 25 heavy (non-hydrogen) atoms. The van der Waals surface area contributed by atoms with Crippen LogP contribution >= 0.6 is 0 Å². The molecular weight excluding hydrogens is 322 g/mol. The molecule has 0 unspecified atom stereocenters. The highest BCUT2D eigenvalue weighted by molar-refractivity contribution is 5.93. The molecule has 128 valence electrons. The van der Waals surface area contributed by atoms with Crippen LogP contribution in [0.1, 0.15) is 6.92 Å². The topological polar surface area (TPSA) is 41.0 Å². The maximum atomic E-state index is 14.4. The van der Waals surface area contributed by atoms with Gasteiger partial charge in [0.15, 0.2) is 0 Å². The third-order valence-corrected chi connectivity index (χ3v) is 4.55. The first-order valence-electron chi connectivity index (χ1n) is 8.33. The second-order valence-electron chi connectivity index (χ2n) is 6.23. The molecule has 3 aromatic rings. The first-order chi connectivity index (χ1) is 12.1. The van der Waals surface area contributed by atoms with E-state index in [0.29, 0.717) is 22.5 Å². The van der Waals surface area contributed by atoms with Crippen LogP contribution in [0.3, 0.4) is 0 Å². The van der Waals surface area contributed by atoms with Gasteiger partial charge in [-0.05, 0) is 25.1 Å². The van der Waals surface area contributed by atoms with E-state index in [-0.39, 0.29) is 11.6 Å². The van der Waals surface area contributed by atoms with Crippen molar-refractivity contribution < 1.29 is 8.78 Å². The van der Waals surface area contributed by atoms with Gasteiger partial charge in [0.1, 0.15) is 11.6 Å². The number of hydrogen-bond donors (Lipinski definition) is 1. The van der Waals surface area contributed by atoms with Crippen molar-refractivity contribution in [1.82, 2.24) is 15.3 Å². The number of piperazine rings is 1. The standard InChI is InChI=1S/C19H18F2N4/c1-12-11-22-9-10-25(12)19-23-16-8-3-2-5-13(16)18(24-19)17-14(20)6-4-7-15(17)21/h2-8,12,22H,9-11H2,1H3/t12-/m0/s1. The van der Waals surface area contributed by atoms with Crippen LogP contribution < -0.4 is 10.2 Å². The molecule has 1 atom stereocenters. The van der Waals surface area contributed by atoms with Crippen molar-refractivity contribution in [2.45, 2.75) is 13.0 Å². The second-order valence-corrected chi connectivity index (χ2v) is 6.23. The summed E-state index contributed by atoms with van der Waals surface area (Å²) in [7, 11) is 0. The molecule has 0 amide bonds. The van der Waals surface area contributed by atoms with Crippen LogP contribution in [0.5, 0.6) is 0 Å². The minimum Gasteiger partial charge on any atom is -0.336 e. The highest BCUT2D eigenvalue weighted by Crippen LogP contribution is 2.32. The van der Waals surface area contributed by atoms with E-state index in [4.69, 9.17) is 0 Å². The molecule has 1 fully saturated rings. The number of hydrogen-bond acceptors (Lipinski definition) is 4. The number of anilines is 1. The zero-order valence-electron chi connectivity index (χ0n) is 13.8. The highest BCUT2D eigenvalue weighted by Gasteiger charge is 2.23. The van der Waals surface area contributed by atoms with E-state index >= 15 is 0 Å². The van der Waals surface area contributed by atoms with E-state index in [1.54, 1.807) is 6.07 Å². The lowest BCUT2D eigenvalue weighted by Gasteiger charge is -2.34. The Labute approximate surface area is 144 Å². The molecule has 1 N–H and O–H groups in total. The van der Waals surface area contributed by atoms with Crippen molar-refractivity contribution in [3.63, 3.8) is 0 Å². The molecular formula is C19H18F2N4. The van der Waals surface area contributed by atoms with Gasteiger partial charge in [-0.25, -0.2) is 18.7 Å². The Morgan fingerprint density at radius 3 is 2.56 bits per heavy atom. The van der Waals surface area contributed by atoms with Crippen LogP contribution in [-0.4, -0.2) is 35.6 Å². The van der Waals surface area contributed by atoms with Gasteiger partial charge in [0.25, 0.3) is 0 Å². The van der Waals surface area contributed by atoms with Gasteiger partial charge in [-0.2, -0.15) is 0 Å². The fourth-order valence-electron chi connectivity index (χ4n) is 3.25. The number of nitrogens with zero attached hydrogens (tertiary/aromatic N) is 3. The van der Waals surface area contributed by atoms with Crippen molar-refractivity contribution >= 4 is 16.9 Å². The lowest BCUT2D eigenvalue weighted by atomic mass is 10.1. The lowest BCUT2D eigenvalue weighted by Crippen LogP contribution is -2.50. The summed E-state index contributed by atoms with van der Waals surface area (Å²) in [5, 5.41) is 3.96. The Morgan fingerprint density at radius 1 is 1.04 bits per heavy atom. The van der Waals surface area contributed by atoms with Gasteiger partial charge in [-0.3, -0.25) is 0 Å². The van der Waals surface area contributed by atoms with E-state index in [1.165, 1.54) is 18.2 Å². The summed E-state index contributed by atoms with van der Waals surface area (Å²) in [6, 6.07) is 11.4. The normalized spacial score (nSPS) is 17.9. The van der Waals surface area contributed by atoms with E-state index in [0.717, 1.165) is 19.6 Å². The molecule has 6 heteroatoms. The quantitative estimate of drug-likeness (QED) is 0.777. The smallest absolute Gasteiger partial charge is 0.226 e. The number of para-hydroxylation sites is 1. The van der Waals surface area contributed by atoms with Gasteiger partial charge in [0, 0.05) is 31.1 Å². The van der Waals surface area contributed by atoms with Gasteiger partial charge < -0.3 is 10.2 Å². The molecule has 2 aromatic carbocycles. The van der Waals surface area contributed by atoms with Crippen LogP contribution in [0.25, 0.3) is 22.2 Å². The van der Waals surface area contributed by atoms with Crippen molar-refractivity contribution in [1.29, 1.82) is 0 Å². The maximum Gasteiger partial charge on any atom is 0.226 e. The summed E-state index contributed by atoms with van der Waals surface area (Å²) in [5.41, 5.74) is 0.864. The molecule has 1 aliphatic rings. The monoisotopic (exact) mass is 340 g/mol. The molecule has 4 nitrogen and oxygen atoms in total. The average Bonchev–Trinajstić information content (AvgIpc) is 2.62. The van der Waals surface area contributed by atoms with Crippen LogP contribution in [0.15, 0.2) is 42.5 Å². The SMILES string of the molecule is C[C@H]1CNCCN1c1nc(-c2c(F)cccc2F)c2ccccc2n1. The van der Waals surface area contributed by atoms with Crippen molar-refractivity contribution in [3.8, 4) is 11.3 Å². The third-order valence-electron chi connectivity index (χ3n) is 4.55. The Morgan fingerprint density at radius 2 is 1.80 bits per heavy atom. The predicted octanol–water partition coefficient (Wildman–Crippen LogP) is 3.37.